The van der Waals surface area contributed by atoms with Crippen molar-refractivity contribution in [1.82, 2.24) is 0 Å². The Bertz CT molecular complexity index is 709. The molecule has 1 aromatic carbocycles. The van der Waals surface area contributed by atoms with Crippen molar-refractivity contribution in [3.05, 3.63) is 38.3 Å². The first-order valence-electron chi connectivity index (χ1n) is 5.45. The highest BCUT2D eigenvalue weighted by atomic mass is 32.3. The third-order valence-electron chi connectivity index (χ3n) is 2.99. The number of carbonyl (C=O) groups excluding carboxylic acids is 1. The molecule has 0 aliphatic carbocycles. The number of hydrogen-bond donors (Lipinski definition) is 0. The summed E-state index contributed by atoms with van der Waals surface area (Å²) in [5, 5.41) is 3.37. The molecular formula is C11H12FN3O4S. The summed E-state index contributed by atoms with van der Waals surface area (Å²) in [6, 6.07) is 0. The zero-order valence-electron chi connectivity index (χ0n) is 11.0. The van der Waals surface area contributed by atoms with Crippen molar-refractivity contribution in [3.63, 3.8) is 0 Å². The van der Waals surface area contributed by atoms with E-state index in [9.17, 15) is 17.1 Å². The Labute approximate surface area is 115 Å². The minimum absolute atomic E-state index is 0.0992. The maximum atomic E-state index is 12.7. The Morgan fingerprint density at radius 3 is 2.35 bits per heavy atom. The lowest BCUT2D eigenvalue weighted by Gasteiger charge is -2.17. The molecule has 0 unspecified atom stereocenters. The van der Waals surface area contributed by atoms with Crippen molar-refractivity contribution in [1.29, 1.82) is 0 Å². The fourth-order valence-corrected chi connectivity index (χ4v) is 2.46. The van der Waals surface area contributed by atoms with Gasteiger partial charge in [0.25, 0.3) is 0 Å². The maximum Gasteiger partial charge on any atom is 0.488 e. The van der Waals surface area contributed by atoms with Gasteiger partial charge in [-0.15, -0.1) is 0 Å². The van der Waals surface area contributed by atoms with Crippen LogP contribution in [0.4, 0.5) is 3.89 Å². The van der Waals surface area contributed by atoms with Gasteiger partial charge in [0.05, 0.1) is 6.54 Å². The monoisotopic (exact) mass is 301 g/mol. The van der Waals surface area contributed by atoms with E-state index in [-0.39, 0.29) is 23.4 Å². The van der Waals surface area contributed by atoms with Crippen LogP contribution in [0.5, 0.6) is 5.75 Å². The number of azide groups is 1. The second kappa shape index (κ2) is 5.89. The Hall–Kier alpha value is -2.12. The Morgan fingerprint density at radius 2 is 1.90 bits per heavy atom. The van der Waals surface area contributed by atoms with Crippen molar-refractivity contribution in [3.8, 4) is 5.75 Å². The van der Waals surface area contributed by atoms with E-state index in [0.29, 0.717) is 23.0 Å². The standard InChI is InChI=1S/C11H12FN3O4S/c1-6-9(4-14-15-13)7(2)11(19-20(12,17)18)8(3)10(6)5-16/h5H,4H2,1-3H3. The van der Waals surface area contributed by atoms with Gasteiger partial charge in [-0.3, -0.25) is 4.79 Å². The summed E-state index contributed by atoms with van der Waals surface area (Å²) in [6.07, 6.45) is 0.515. The highest BCUT2D eigenvalue weighted by Crippen LogP contribution is 2.33. The van der Waals surface area contributed by atoms with Gasteiger partial charge in [0.2, 0.25) is 0 Å². The van der Waals surface area contributed by atoms with Gasteiger partial charge in [-0.1, -0.05) is 9.00 Å². The van der Waals surface area contributed by atoms with Crippen LogP contribution in [0.25, 0.3) is 10.4 Å². The minimum atomic E-state index is -5.22. The number of rotatable bonds is 5. The lowest BCUT2D eigenvalue weighted by Crippen LogP contribution is -2.09. The van der Waals surface area contributed by atoms with E-state index >= 15 is 0 Å². The molecule has 0 amide bonds. The lowest BCUT2D eigenvalue weighted by molar-refractivity contribution is 0.112. The maximum absolute atomic E-state index is 12.7. The van der Waals surface area contributed by atoms with E-state index in [2.05, 4.69) is 14.2 Å². The van der Waals surface area contributed by atoms with Crippen molar-refractivity contribution < 1.29 is 21.3 Å². The van der Waals surface area contributed by atoms with Crippen molar-refractivity contribution in [2.45, 2.75) is 27.3 Å². The van der Waals surface area contributed by atoms with E-state index in [4.69, 9.17) is 5.53 Å². The largest absolute Gasteiger partial charge is 0.488 e. The summed E-state index contributed by atoms with van der Waals surface area (Å²) in [7, 11) is -5.22. The first-order valence-corrected chi connectivity index (χ1v) is 6.76. The normalized spacial score (nSPS) is 10.8. The van der Waals surface area contributed by atoms with E-state index < -0.39 is 10.5 Å². The van der Waals surface area contributed by atoms with Gasteiger partial charge in [0.1, 0.15) is 0 Å². The Morgan fingerprint density at radius 1 is 1.30 bits per heavy atom. The summed E-state index contributed by atoms with van der Waals surface area (Å²) < 4.78 is 38.3. The summed E-state index contributed by atoms with van der Waals surface area (Å²) in [6.45, 7) is 4.47. The molecule has 7 nitrogen and oxygen atoms in total. The topological polar surface area (TPSA) is 109 Å². The number of benzene rings is 1. The van der Waals surface area contributed by atoms with E-state index in [1.54, 1.807) is 6.92 Å². The van der Waals surface area contributed by atoms with Crippen LogP contribution in [-0.2, 0) is 17.0 Å². The predicted octanol–water partition coefficient (Wildman–Crippen LogP) is 2.83. The third-order valence-corrected chi connectivity index (χ3v) is 3.35. The first kappa shape index (κ1) is 15.9. The predicted molar refractivity (Wildman–Crippen MR) is 69.5 cm³/mol. The molecule has 0 saturated carbocycles. The van der Waals surface area contributed by atoms with Crippen LogP contribution >= 0.6 is 0 Å². The minimum Gasteiger partial charge on any atom is -0.358 e. The van der Waals surface area contributed by atoms with Gasteiger partial charge >= 0.3 is 10.5 Å². The van der Waals surface area contributed by atoms with E-state index in [1.165, 1.54) is 13.8 Å². The average molecular weight is 301 g/mol. The van der Waals surface area contributed by atoms with E-state index in [1.807, 2.05) is 0 Å². The molecule has 0 radical (unpaired) electrons. The van der Waals surface area contributed by atoms with Crippen molar-refractivity contribution >= 4 is 16.8 Å². The number of halogens is 1. The summed E-state index contributed by atoms with van der Waals surface area (Å²) in [4.78, 5) is 13.7. The SMILES string of the molecule is Cc1c(C=O)c(C)c(OS(=O)(=O)F)c(C)c1CN=[N+]=[N-]. The summed E-state index contributed by atoms with van der Waals surface area (Å²) in [5.74, 6) is -0.261. The second-order valence-corrected chi connectivity index (χ2v) is 5.03. The molecule has 0 N–H and O–H groups in total. The quantitative estimate of drug-likeness (QED) is 0.274. The van der Waals surface area contributed by atoms with Crippen LogP contribution in [0.3, 0.4) is 0 Å². The second-order valence-electron chi connectivity index (χ2n) is 4.08. The summed E-state index contributed by atoms with van der Waals surface area (Å²) >= 11 is 0. The number of aldehydes is 1. The molecule has 0 heterocycles. The lowest BCUT2D eigenvalue weighted by atomic mass is 9.93. The molecule has 0 atom stereocenters. The van der Waals surface area contributed by atoms with Crippen LogP contribution in [0.2, 0.25) is 0 Å². The smallest absolute Gasteiger partial charge is 0.358 e. The third kappa shape index (κ3) is 3.25. The highest BCUT2D eigenvalue weighted by molar-refractivity contribution is 7.81. The average Bonchev–Trinajstić information content (AvgIpc) is 2.34. The molecule has 20 heavy (non-hydrogen) atoms. The number of nitrogens with zero attached hydrogens (tertiary/aromatic N) is 3. The molecule has 1 aromatic rings. The molecule has 0 bridgehead atoms. The fourth-order valence-electron chi connectivity index (χ4n) is 2.01. The molecule has 1 rings (SSSR count). The van der Waals surface area contributed by atoms with Crippen LogP contribution in [-0.4, -0.2) is 14.7 Å². The van der Waals surface area contributed by atoms with E-state index in [0.717, 1.165) is 0 Å². The zero-order chi connectivity index (χ0) is 15.5. The van der Waals surface area contributed by atoms with Gasteiger partial charge in [0, 0.05) is 16.0 Å². The molecule has 0 aliphatic heterocycles. The van der Waals surface area contributed by atoms with Crippen LogP contribution in [0.1, 0.15) is 32.6 Å². The molecule has 0 fully saturated rings. The van der Waals surface area contributed by atoms with Crippen LogP contribution in [0.15, 0.2) is 5.11 Å². The van der Waals surface area contributed by atoms with Crippen LogP contribution < -0.4 is 4.18 Å². The fraction of sp³-hybridized carbons (Fsp3) is 0.364. The van der Waals surface area contributed by atoms with Gasteiger partial charge in [0.15, 0.2) is 12.0 Å². The molecule has 0 aliphatic rings. The molecule has 9 heteroatoms. The van der Waals surface area contributed by atoms with Crippen molar-refractivity contribution in [2.24, 2.45) is 5.11 Å². The van der Waals surface area contributed by atoms with Crippen LogP contribution in [0, 0.1) is 20.8 Å². The Kier molecular flexibility index (Phi) is 4.69. The molecule has 0 saturated heterocycles. The van der Waals surface area contributed by atoms with Gasteiger partial charge in [-0.2, -0.15) is 8.42 Å². The number of carbonyl (C=O) groups is 1. The molecule has 0 spiro atoms. The molecule has 108 valence electrons. The zero-order valence-corrected chi connectivity index (χ0v) is 11.9. The molecular weight excluding hydrogens is 289 g/mol. The highest BCUT2D eigenvalue weighted by Gasteiger charge is 2.21. The summed E-state index contributed by atoms with van der Waals surface area (Å²) in [5.41, 5.74) is 10.00. The van der Waals surface area contributed by atoms with Gasteiger partial charge in [-0.05, 0) is 43.0 Å². The Balaban J connectivity index is 3.66. The first-order chi connectivity index (χ1) is 9.22. The number of hydrogen-bond acceptors (Lipinski definition) is 5. The molecule has 0 aromatic heterocycles. The van der Waals surface area contributed by atoms with Gasteiger partial charge < -0.3 is 4.18 Å². The van der Waals surface area contributed by atoms with Crippen molar-refractivity contribution in [2.75, 3.05) is 0 Å². The van der Waals surface area contributed by atoms with Gasteiger partial charge in [-0.25, -0.2) is 0 Å².